The molecule has 0 aliphatic carbocycles. The topological polar surface area (TPSA) is 339 Å². The van der Waals surface area contributed by atoms with Crippen molar-refractivity contribution in [2.75, 3.05) is 42.0 Å². The Kier molecular flexibility index (Phi) is 39.3. The fourth-order valence-electron chi connectivity index (χ4n) is 17.1. The van der Waals surface area contributed by atoms with E-state index in [1.807, 2.05) is 152 Å². The van der Waals surface area contributed by atoms with E-state index in [0.29, 0.717) is 46.0 Å². The predicted octanol–water partition coefficient (Wildman–Crippen LogP) is 25.6. The van der Waals surface area contributed by atoms with Crippen molar-refractivity contribution in [2.45, 2.75) is 108 Å². The number of benzene rings is 16. The van der Waals surface area contributed by atoms with Gasteiger partial charge in [-0.2, -0.15) is 0 Å². The molecular formula is C118H108Ir4N8O16-4. The predicted molar refractivity (Wildman–Crippen MR) is 565 cm³/mol. The summed E-state index contributed by atoms with van der Waals surface area (Å²) in [7, 11) is 6.44. The molecule has 2 aliphatic heterocycles. The van der Waals surface area contributed by atoms with Crippen LogP contribution in [-0.2, 0) is 80.4 Å². The van der Waals surface area contributed by atoms with Crippen LogP contribution in [0.3, 0.4) is 0 Å². The van der Waals surface area contributed by atoms with Gasteiger partial charge in [-0.1, -0.05) is 216 Å². The minimum Gasteiger partial charge on any atom is -0.536 e. The van der Waals surface area contributed by atoms with Crippen LogP contribution in [0, 0.1) is 52.0 Å². The zero-order valence-corrected chi connectivity index (χ0v) is 92.5. The number of aryl methyl sites for hydroxylation is 4. The van der Waals surface area contributed by atoms with Gasteiger partial charge >= 0.3 is 0 Å². The molecule has 2 aliphatic rings. The summed E-state index contributed by atoms with van der Waals surface area (Å²) in [5, 5.41) is 83.9. The molecule has 0 amide bonds. The summed E-state index contributed by atoms with van der Waals surface area (Å²) >= 11 is 0. The van der Waals surface area contributed by atoms with E-state index in [1.54, 1.807) is 74.6 Å². The summed E-state index contributed by atoms with van der Waals surface area (Å²) in [6.07, 6.45) is 10.6. The number of aromatic nitrogens is 8. The monoisotopic (exact) mass is 2660 g/mol. The first-order valence-electron chi connectivity index (χ1n) is 45.9. The molecule has 16 aromatic carbocycles. The Morgan fingerprint density at radius 2 is 0.692 bits per heavy atom. The summed E-state index contributed by atoms with van der Waals surface area (Å²) in [5.41, 5.74) is 19.2. The van der Waals surface area contributed by atoms with Crippen LogP contribution in [0.5, 0.6) is 46.0 Å². The van der Waals surface area contributed by atoms with Gasteiger partial charge in [0.25, 0.3) is 0 Å². The molecule has 4 atom stereocenters. The Hall–Kier alpha value is -14.0. The van der Waals surface area contributed by atoms with E-state index in [0.717, 1.165) is 154 Å². The Morgan fingerprint density at radius 3 is 1.14 bits per heavy atom. The minimum atomic E-state index is -0.537. The van der Waals surface area contributed by atoms with E-state index >= 15 is 0 Å². The second-order valence-corrected chi connectivity index (χ2v) is 34.2. The standard InChI is InChI=1S/C26H21N2O4.C24H13N2O4.2C24H17N2.4C5H10O2.4Ir/c1-29-21-10-16-17-11-22(30-2)24(32-4)13-19(17)26-25(18(16)12-23(21)31-3)27-14-20(28-26)15-8-6-5-7-9-15;1-2-4-13(5-3-1)16-10-25-21-14-6-8-17-23(29-11-27-17)19(14)20-15(22(21)26-16)7-9-18-24(20)30-12-28-18;1-15-8-6-12-18-21(15)22-16(2)9-7-13-19(22)24-23(18)25-14-20(26-24)17-10-4-3-5-11-17;1-15-8-10-18-20(12-15)21-13-16(2)9-11-19(21)24-23(18)25-14-22(26-24)17-6-4-3-5-7-17;4*1-4(6)3-5(2)7;;;;/h5-11,13-14H,1-4H3;1-5,7-10H,11-12H2;3-11,13-14H,1-2H3;3-9,11-14H,1-2H3;4*3-4,6-7H,1-2H3;;;;/q4*-1;;;;;;;;. The van der Waals surface area contributed by atoms with E-state index < -0.39 is 24.4 Å². The van der Waals surface area contributed by atoms with Gasteiger partial charge in [-0.15, -0.1) is 81.2 Å². The normalized spacial score (nSPS) is 12.6. The summed E-state index contributed by atoms with van der Waals surface area (Å²) in [4.78, 5) is 39.2. The van der Waals surface area contributed by atoms with E-state index in [4.69, 9.17) is 119 Å². The van der Waals surface area contributed by atoms with Gasteiger partial charge in [-0.25, -0.2) is 0 Å². The van der Waals surface area contributed by atoms with Crippen LogP contribution in [0.15, 0.2) is 291 Å². The van der Waals surface area contributed by atoms with Gasteiger partial charge in [0.15, 0.2) is 23.0 Å². The molecule has 4 aromatic heterocycles. The van der Waals surface area contributed by atoms with E-state index in [1.165, 1.54) is 95.8 Å². The van der Waals surface area contributed by atoms with E-state index in [-0.39, 0.29) is 117 Å². The molecule has 24 nitrogen and oxygen atoms in total. The summed E-state index contributed by atoms with van der Waals surface area (Å²) < 4.78 is 45.1. The molecule has 4 radical (unpaired) electrons. The maximum Gasteiger partial charge on any atom is 0.231 e. The van der Waals surface area contributed by atoms with Crippen LogP contribution < -0.4 is 37.9 Å². The molecule has 8 N–H and O–H groups in total. The molecule has 0 fully saturated rings. The number of aliphatic hydroxyl groups excluding tert-OH is 8. The van der Waals surface area contributed by atoms with Crippen LogP contribution in [0.1, 0.15) is 77.6 Å². The number of hydrogen-bond donors (Lipinski definition) is 8. The van der Waals surface area contributed by atoms with Gasteiger partial charge in [0, 0.05) is 150 Å². The van der Waals surface area contributed by atoms with Crippen LogP contribution in [-0.4, -0.2) is 147 Å². The van der Waals surface area contributed by atoms with Gasteiger partial charge in [0.1, 0.15) is 0 Å². The Labute approximate surface area is 899 Å². The van der Waals surface area contributed by atoms with Gasteiger partial charge in [-0.3, -0.25) is 19.9 Å². The molecule has 28 heteroatoms. The fraction of sp³-hybridized carbons (Fsp3) is 0.186. The molecule has 0 bridgehead atoms. The molecule has 0 saturated heterocycles. The quantitative estimate of drug-likeness (QED) is 0.0320. The third-order valence-electron chi connectivity index (χ3n) is 23.0. The first kappa shape index (κ1) is 112. The Balaban J connectivity index is 0.000000169. The molecule has 22 rings (SSSR count). The molecule has 0 spiro atoms. The Morgan fingerprint density at radius 1 is 0.322 bits per heavy atom. The average molecular weight is 2660 g/mol. The molecule has 4 unspecified atom stereocenters. The molecule has 20 aromatic rings. The van der Waals surface area contributed by atoms with Crippen molar-refractivity contribution in [3.63, 3.8) is 0 Å². The number of nitrogens with zero attached hydrogens (tertiary/aromatic N) is 8. The summed E-state index contributed by atoms with van der Waals surface area (Å²) in [6, 6.07) is 86.8. The smallest absolute Gasteiger partial charge is 0.231 e. The number of methoxy groups -OCH3 is 4. The van der Waals surface area contributed by atoms with Crippen molar-refractivity contribution in [1.82, 2.24) is 39.9 Å². The Bertz CT molecular complexity index is 8110. The van der Waals surface area contributed by atoms with E-state index in [9.17, 15) is 0 Å². The van der Waals surface area contributed by atoms with Crippen molar-refractivity contribution in [3.05, 3.63) is 337 Å². The van der Waals surface area contributed by atoms with Crippen LogP contribution in [0.25, 0.3) is 175 Å². The number of allylic oxidation sites excluding steroid dienone is 4. The fourth-order valence-corrected chi connectivity index (χ4v) is 17.1. The minimum absolute atomic E-state index is 0. The molecule has 146 heavy (non-hydrogen) atoms. The zero-order chi connectivity index (χ0) is 101. The van der Waals surface area contributed by atoms with Crippen molar-refractivity contribution < 1.29 is 159 Å². The number of rotatable bonds is 12. The van der Waals surface area contributed by atoms with E-state index in [2.05, 4.69) is 125 Å². The first-order valence-corrected chi connectivity index (χ1v) is 45.9. The maximum absolute atomic E-state index is 8.49. The number of ether oxygens (including phenoxy) is 8. The molecule has 0 saturated carbocycles. The molecular weight excluding hydrogens is 2550 g/mol. The third-order valence-corrected chi connectivity index (χ3v) is 23.0. The van der Waals surface area contributed by atoms with Crippen molar-refractivity contribution in [3.8, 4) is 91.0 Å². The molecule has 756 valence electrons. The summed E-state index contributed by atoms with van der Waals surface area (Å²) in [6.45, 7) is 21.3. The number of fused-ring (bicyclic) bond motifs is 28. The SMILES string of the molecule is CC(O)=CC(C)O.CC(O)=CC(C)O.CC(O)=CC(C)O.CC(O)=CC(C)O.COc1[c-]c2c(cc1OC)c1cc(OC)c(OC)cc1c1nc(-c3ccccc3)cnc21.Cc1c[c-]c2c(c1)c1cc(C)ccc1c1nc(-c3ccccc3)cnc21.Cc1cc[c-]c2c3ncc(-c4ccccc4)nc3c3cccc(C)c3c12.[Ir].[Ir].[Ir].[Ir].[c-]1cc2c(c3c1c1ncc(-c4ccccc4)nc1c1ccc4c(c13)OCO4)OCO2. The first-order chi connectivity index (χ1) is 68.5. The van der Waals surface area contributed by atoms with Gasteiger partial charge in [-0.05, 0) is 161 Å². The van der Waals surface area contributed by atoms with Crippen molar-refractivity contribution in [1.29, 1.82) is 0 Å². The zero-order valence-electron chi connectivity index (χ0n) is 82.9. The summed E-state index contributed by atoms with van der Waals surface area (Å²) in [5.74, 6) is 5.71. The molecule has 6 heterocycles. The third kappa shape index (κ3) is 25.7. The largest absolute Gasteiger partial charge is 0.536 e. The van der Waals surface area contributed by atoms with Crippen LogP contribution >= 0.6 is 0 Å². The second kappa shape index (κ2) is 51.1. The van der Waals surface area contributed by atoms with Gasteiger partial charge in [0.2, 0.25) is 13.6 Å². The maximum atomic E-state index is 8.49. The van der Waals surface area contributed by atoms with Crippen molar-refractivity contribution in [2.24, 2.45) is 0 Å². The second-order valence-electron chi connectivity index (χ2n) is 34.2. The van der Waals surface area contributed by atoms with Crippen molar-refractivity contribution >= 4 is 130 Å². The van der Waals surface area contributed by atoms with Gasteiger partial charge < -0.3 is 98.7 Å². The average Bonchev–Trinajstić information content (AvgIpc) is 1.37. The van der Waals surface area contributed by atoms with Crippen LogP contribution in [0.2, 0.25) is 0 Å². The number of aliphatic hydroxyl groups is 8. The number of hydrogen-bond acceptors (Lipinski definition) is 24. The van der Waals surface area contributed by atoms with Gasteiger partial charge in [0.05, 0.1) is 144 Å². The van der Waals surface area contributed by atoms with Crippen LogP contribution in [0.4, 0.5) is 0 Å².